The van der Waals surface area contributed by atoms with Gasteiger partial charge in [0.1, 0.15) is 19.3 Å². The van der Waals surface area contributed by atoms with E-state index in [4.69, 9.17) is 37.0 Å². The Morgan fingerprint density at radius 1 is 0.281 bits per heavy atom. The predicted molar refractivity (Wildman–Crippen MR) is 391 cm³/mol. The molecule has 0 aromatic rings. The van der Waals surface area contributed by atoms with Crippen LogP contribution in [0.4, 0.5) is 0 Å². The van der Waals surface area contributed by atoms with Crippen LogP contribution in [0.25, 0.3) is 0 Å². The van der Waals surface area contributed by atoms with E-state index in [1.54, 1.807) is 0 Å². The Bertz CT molecular complexity index is 1890. The minimum atomic E-state index is -4.96. The van der Waals surface area contributed by atoms with E-state index in [2.05, 4.69) is 55.4 Å². The van der Waals surface area contributed by atoms with Crippen molar-refractivity contribution < 1.29 is 80.2 Å². The van der Waals surface area contributed by atoms with Crippen LogP contribution in [0.2, 0.25) is 0 Å². The van der Waals surface area contributed by atoms with Crippen molar-refractivity contribution in [2.45, 2.75) is 408 Å². The minimum Gasteiger partial charge on any atom is -0.462 e. The topological polar surface area (TPSA) is 237 Å². The van der Waals surface area contributed by atoms with Gasteiger partial charge in [-0.05, 0) is 49.4 Å². The highest BCUT2D eigenvalue weighted by Gasteiger charge is 2.30. The molecule has 0 bridgehead atoms. The molecule has 0 aromatic carbocycles. The zero-order valence-corrected chi connectivity index (χ0v) is 64.8. The molecule has 0 saturated carbocycles. The monoisotopic (exact) mass is 1410 g/mol. The number of aliphatic hydroxyl groups is 1. The quantitative estimate of drug-likeness (QED) is 0.0222. The molecule has 19 heteroatoms. The third-order valence-corrected chi connectivity index (χ3v) is 21.2. The molecule has 0 fully saturated rings. The summed E-state index contributed by atoms with van der Waals surface area (Å²) in [6.45, 7) is 14.2. The van der Waals surface area contributed by atoms with E-state index in [9.17, 15) is 43.2 Å². The lowest BCUT2D eigenvalue weighted by molar-refractivity contribution is -0.161. The predicted octanol–water partition coefficient (Wildman–Crippen LogP) is 22.4. The summed E-state index contributed by atoms with van der Waals surface area (Å²) in [5.41, 5.74) is 0. The maximum Gasteiger partial charge on any atom is 0.472 e. The van der Waals surface area contributed by atoms with Crippen molar-refractivity contribution in [3.05, 3.63) is 0 Å². The van der Waals surface area contributed by atoms with Gasteiger partial charge in [-0.2, -0.15) is 0 Å². The van der Waals surface area contributed by atoms with Crippen LogP contribution in [0.3, 0.4) is 0 Å². The summed E-state index contributed by atoms with van der Waals surface area (Å²) in [5, 5.41) is 10.6. The van der Waals surface area contributed by atoms with E-state index in [0.717, 1.165) is 120 Å². The molecule has 17 nitrogen and oxygen atoms in total. The molecule has 0 saturated heterocycles. The largest absolute Gasteiger partial charge is 0.472 e. The summed E-state index contributed by atoms with van der Waals surface area (Å²) in [4.78, 5) is 72.8. The number of rotatable bonds is 74. The van der Waals surface area contributed by atoms with Gasteiger partial charge in [-0.25, -0.2) is 9.13 Å². The fraction of sp³-hybridized carbons (Fsp3) is 0.948. The number of carbonyl (C=O) groups is 4. The second kappa shape index (κ2) is 66.3. The van der Waals surface area contributed by atoms with E-state index in [1.165, 1.54) is 186 Å². The number of ether oxygens (including phenoxy) is 4. The highest BCUT2D eigenvalue weighted by Crippen LogP contribution is 2.45. The van der Waals surface area contributed by atoms with Crippen molar-refractivity contribution in [1.82, 2.24) is 0 Å². The summed E-state index contributed by atoms with van der Waals surface area (Å²) in [6, 6.07) is 0. The van der Waals surface area contributed by atoms with E-state index in [0.29, 0.717) is 25.7 Å². The number of aliphatic hydroxyl groups excluding tert-OH is 1. The highest BCUT2D eigenvalue weighted by atomic mass is 31.2. The molecule has 0 spiro atoms. The minimum absolute atomic E-state index is 0.102. The second-order valence-electron chi connectivity index (χ2n) is 28.7. The summed E-state index contributed by atoms with van der Waals surface area (Å²) in [7, 11) is -9.91. The molecule has 3 N–H and O–H groups in total. The Labute approximate surface area is 588 Å². The van der Waals surface area contributed by atoms with Gasteiger partial charge in [0.25, 0.3) is 0 Å². The first-order valence-electron chi connectivity index (χ1n) is 39.9. The molecule has 0 heterocycles. The first-order chi connectivity index (χ1) is 46.2. The Morgan fingerprint density at radius 3 is 0.688 bits per heavy atom. The van der Waals surface area contributed by atoms with Crippen LogP contribution >= 0.6 is 15.6 Å². The van der Waals surface area contributed by atoms with Crippen LogP contribution in [-0.2, 0) is 65.4 Å². The Hall–Kier alpha value is -1.94. The molecule has 0 amide bonds. The van der Waals surface area contributed by atoms with Crippen molar-refractivity contribution >= 4 is 39.5 Å². The second-order valence-corrected chi connectivity index (χ2v) is 31.6. The standard InChI is InChI=1S/C77H150O17P2/c1-9-67(5)53-45-37-29-25-21-17-13-15-19-23-27-31-41-49-57-74(79)87-63-72(93-76(81)59-51-43-32-28-24-20-16-14-18-22-26-30-38-46-54-68(6)10-2)65-91-95(83,84)89-61-71(78)62-90-96(85,86)92-66-73(94-77(82)60-52-44-36-34-40-48-56-70(8)12-4)64-88-75(80)58-50-42-35-33-39-47-55-69(7)11-3/h67-73,78H,9-66H2,1-8H3,(H,83,84)(H,85,86)/t67?,68?,69?,70?,71-,72-,73-/m1/s1. The van der Waals surface area contributed by atoms with Gasteiger partial charge in [0.05, 0.1) is 26.4 Å². The van der Waals surface area contributed by atoms with E-state index in [1.807, 2.05) is 0 Å². The van der Waals surface area contributed by atoms with E-state index >= 15 is 0 Å². The van der Waals surface area contributed by atoms with Gasteiger partial charge in [0.15, 0.2) is 12.2 Å². The molecule has 96 heavy (non-hydrogen) atoms. The summed E-state index contributed by atoms with van der Waals surface area (Å²) >= 11 is 0. The molecular weight excluding hydrogens is 1260 g/mol. The summed E-state index contributed by atoms with van der Waals surface area (Å²) in [5.74, 6) is 1.02. The molecule has 9 atom stereocenters. The lowest BCUT2D eigenvalue weighted by Gasteiger charge is -2.21. The molecule has 0 aromatic heterocycles. The first-order valence-corrected chi connectivity index (χ1v) is 42.8. The first kappa shape index (κ1) is 94.1. The number of hydrogen-bond donors (Lipinski definition) is 3. The maximum atomic E-state index is 13.1. The number of esters is 4. The fourth-order valence-corrected chi connectivity index (χ4v) is 13.2. The molecule has 6 unspecified atom stereocenters. The average Bonchev–Trinajstić information content (AvgIpc) is 1.35. The van der Waals surface area contributed by atoms with Gasteiger partial charge in [-0.1, -0.05) is 338 Å². The highest BCUT2D eigenvalue weighted by molar-refractivity contribution is 7.47. The Balaban J connectivity index is 5.24. The molecule has 570 valence electrons. The van der Waals surface area contributed by atoms with Crippen molar-refractivity contribution in [2.24, 2.45) is 23.7 Å². The van der Waals surface area contributed by atoms with Gasteiger partial charge in [0, 0.05) is 25.7 Å². The molecule has 0 aliphatic rings. The van der Waals surface area contributed by atoms with Crippen LogP contribution in [-0.4, -0.2) is 96.7 Å². The fourth-order valence-electron chi connectivity index (χ4n) is 11.6. The van der Waals surface area contributed by atoms with Crippen molar-refractivity contribution in [3.8, 4) is 0 Å². The van der Waals surface area contributed by atoms with Gasteiger partial charge in [-0.3, -0.25) is 37.3 Å². The smallest absolute Gasteiger partial charge is 0.462 e. The Morgan fingerprint density at radius 2 is 0.469 bits per heavy atom. The van der Waals surface area contributed by atoms with Gasteiger partial charge < -0.3 is 33.8 Å². The lowest BCUT2D eigenvalue weighted by atomic mass is 9.99. The van der Waals surface area contributed by atoms with Crippen LogP contribution in [0.5, 0.6) is 0 Å². The summed E-state index contributed by atoms with van der Waals surface area (Å²) < 4.78 is 68.5. The van der Waals surface area contributed by atoms with Gasteiger partial charge in [0.2, 0.25) is 0 Å². The van der Waals surface area contributed by atoms with Crippen molar-refractivity contribution in [3.63, 3.8) is 0 Å². The summed E-state index contributed by atoms with van der Waals surface area (Å²) in [6.07, 6.45) is 51.3. The molecule has 0 aliphatic heterocycles. The number of hydrogen-bond acceptors (Lipinski definition) is 15. The van der Waals surface area contributed by atoms with Crippen molar-refractivity contribution in [1.29, 1.82) is 0 Å². The average molecular weight is 1410 g/mol. The zero-order valence-electron chi connectivity index (χ0n) is 63.0. The van der Waals surface area contributed by atoms with Crippen LogP contribution in [0.15, 0.2) is 0 Å². The zero-order chi connectivity index (χ0) is 71.0. The normalized spacial score (nSPS) is 15.2. The van der Waals surface area contributed by atoms with Crippen molar-refractivity contribution in [2.75, 3.05) is 39.6 Å². The third kappa shape index (κ3) is 65.4. The molecular formula is C77H150O17P2. The molecule has 0 radical (unpaired) electrons. The SMILES string of the molecule is CCC(C)CCCCCCCCCCCCCCCCC(=O)OC[C@H](COP(=O)(O)OC[C@@H](O)COP(=O)(O)OC[C@@H](COC(=O)CCCCCCCCC(C)CC)OC(=O)CCCCCCCCC(C)CC)OC(=O)CCCCCCCCCCCCCCCCC(C)CC. The number of phosphoric ester groups is 2. The van der Waals surface area contributed by atoms with Crippen LogP contribution in [0.1, 0.15) is 389 Å². The third-order valence-electron chi connectivity index (χ3n) is 19.3. The number of unbranched alkanes of at least 4 members (excludes halogenated alkanes) is 36. The lowest BCUT2D eigenvalue weighted by Crippen LogP contribution is -2.30. The Kier molecular flexibility index (Phi) is 65.0. The molecule has 0 rings (SSSR count). The van der Waals surface area contributed by atoms with Gasteiger partial charge >= 0.3 is 39.5 Å². The number of phosphoric acid groups is 2. The number of carbonyl (C=O) groups excluding carboxylic acids is 4. The van der Waals surface area contributed by atoms with E-state index in [-0.39, 0.29) is 25.7 Å². The maximum absolute atomic E-state index is 13.1. The van der Waals surface area contributed by atoms with E-state index < -0.39 is 97.5 Å². The van der Waals surface area contributed by atoms with Gasteiger partial charge in [-0.15, -0.1) is 0 Å². The molecule has 0 aliphatic carbocycles. The van der Waals surface area contributed by atoms with Crippen LogP contribution in [0, 0.1) is 23.7 Å². The van der Waals surface area contributed by atoms with Crippen LogP contribution < -0.4 is 0 Å².